The first-order chi connectivity index (χ1) is 15.1. The van der Waals surface area contributed by atoms with Crippen molar-refractivity contribution in [3.63, 3.8) is 0 Å². The lowest BCUT2D eigenvalue weighted by molar-refractivity contribution is -0.140. The third kappa shape index (κ3) is 3.67. The predicted molar refractivity (Wildman–Crippen MR) is 112 cm³/mol. The van der Waals surface area contributed by atoms with E-state index in [-0.39, 0.29) is 29.0 Å². The van der Waals surface area contributed by atoms with Crippen molar-refractivity contribution >= 4 is 16.9 Å². The van der Waals surface area contributed by atoms with Gasteiger partial charge in [-0.2, -0.15) is 13.2 Å². The van der Waals surface area contributed by atoms with Crippen molar-refractivity contribution in [2.45, 2.75) is 37.7 Å². The van der Waals surface area contributed by atoms with E-state index in [0.717, 1.165) is 17.4 Å². The van der Waals surface area contributed by atoms with Crippen molar-refractivity contribution in [3.8, 4) is 5.75 Å². The maximum absolute atomic E-state index is 13.2. The van der Waals surface area contributed by atoms with E-state index in [1.807, 2.05) is 24.3 Å². The highest BCUT2D eigenvalue weighted by atomic mass is 19.4. The lowest BCUT2D eigenvalue weighted by Gasteiger charge is -2.51. The molecule has 0 spiro atoms. The fourth-order valence-corrected chi connectivity index (χ4v) is 4.42. The average Bonchev–Trinajstić information content (AvgIpc) is 3.13. The lowest BCUT2D eigenvalue weighted by Crippen LogP contribution is -2.62. The van der Waals surface area contributed by atoms with E-state index in [1.165, 1.54) is 6.33 Å². The number of hydrogen-bond donors (Lipinski definition) is 3. The summed E-state index contributed by atoms with van der Waals surface area (Å²) < 4.78 is 45.7. The molecule has 4 heterocycles. The van der Waals surface area contributed by atoms with Gasteiger partial charge in [0.05, 0.1) is 23.1 Å². The largest absolute Gasteiger partial charge is 0.491 e. The van der Waals surface area contributed by atoms with Gasteiger partial charge in [-0.15, -0.1) is 0 Å². The molecular weight excluding hydrogens is 423 g/mol. The van der Waals surface area contributed by atoms with Crippen LogP contribution in [0.2, 0.25) is 0 Å². The lowest BCUT2D eigenvalue weighted by atomic mass is 9.81. The van der Waals surface area contributed by atoms with Crippen LogP contribution in [0.15, 0.2) is 36.7 Å². The topological polar surface area (TPSA) is 86.3 Å². The average molecular weight is 447 g/mol. The van der Waals surface area contributed by atoms with Crippen LogP contribution in [0.5, 0.6) is 5.75 Å². The van der Waals surface area contributed by atoms with Gasteiger partial charge in [0, 0.05) is 24.6 Å². The Balaban J connectivity index is 1.49. The summed E-state index contributed by atoms with van der Waals surface area (Å²) in [6.45, 7) is 5.44. The Labute approximate surface area is 182 Å². The Morgan fingerprint density at radius 3 is 2.66 bits per heavy atom. The van der Waals surface area contributed by atoms with Crippen molar-refractivity contribution in [2.24, 2.45) is 5.92 Å². The highest BCUT2D eigenvalue weighted by Crippen LogP contribution is 2.41. The van der Waals surface area contributed by atoms with Gasteiger partial charge in [0.15, 0.2) is 0 Å². The zero-order valence-corrected chi connectivity index (χ0v) is 17.6. The summed E-state index contributed by atoms with van der Waals surface area (Å²) >= 11 is 0. The number of H-pyrrole nitrogens is 1. The number of nitrogens with one attached hydrogen (secondary N) is 2. The molecule has 1 saturated heterocycles. The molecule has 2 aliphatic heterocycles. The summed E-state index contributed by atoms with van der Waals surface area (Å²) in [4.78, 5) is 12.8. The minimum absolute atomic E-state index is 0.0745. The molecule has 3 aromatic rings. The third-order valence-electron chi connectivity index (χ3n) is 6.45. The monoisotopic (exact) mass is 447 g/mol. The molecule has 7 nitrogen and oxygen atoms in total. The minimum atomic E-state index is -4.50. The molecule has 5 rings (SSSR count). The fourth-order valence-electron chi connectivity index (χ4n) is 4.42. The number of fused-ring (bicyclic) bond motifs is 2. The highest BCUT2D eigenvalue weighted by molar-refractivity contribution is 5.88. The third-order valence-corrected chi connectivity index (χ3v) is 6.45. The molecule has 0 amide bonds. The zero-order valence-electron chi connectivity index (χ0n) is 17.6. The van der Waals surface area contributed by atoms with E-state index < -0.39 is 17.5 Å². The number of anilines is 1. The molecule has 0 radical (unpaired) electrons. The second kappa shape index (κ2) is 7.35. The maximum Gasteiger partial charge on any atom is 0.431 e. The number of aromatic amines is 1. The molecule has 170 valence electrons. The van der Waals surface area contributed by atoms with Crippen LogP contribution in [0.25, 0.3) is 11.0 Å². The fraction of sp³-hybridized carbons (Fsp3) is 0.455. The van der Waals surface area contributed by atoms with Crippen LogP contribution in [-0.4, -0.2) is 56.3 Å². The van der Waals surface area contributed by atoms with Gasteiger partial charge in [-0.25, -0.2) is 9.97 Å². The molecule has 1 fully saturated rings. The first kappa shape index (κ1) is 21.0. The van der Waals surface area contributed by atoms with E-state index in [2.05, 4.69) is 25.2 Å². The molecule has 0 unspecified atom stereocenters. The number of para-hydroxylation sites is 1. The molecule has 32 heavy (non-hydrogen) atoms. The highest BCUT2D eigenvalue weighted by Gasteiger charge is 2.45. The van der Waals surface area contributed by atoms with E-state index in [9.17, 15) is 18.3 Å². The summed E-state index contributed by atoms with van der Waals surface area (Å²) in [5.74, 6) is 1.20. The number of benzene rings is 1. The SMILES string of the molecule is CC(C)(O)C1CN([C@H]2COc3ccccc3[C@@H]2Nc2ncnc3[nH]c(C(F)(F)F)cc23)C1. The molecule has 2 aromatic heterocycles. The van der Waals surface area contributed by atoms with Crippen molar-refractivity contribution in [1.82, 2.24) is 19.9 Å². The van der Waals surface area contributed by atoms with E-state index >= 15 is 0 Å². The Morgan fingerprint density at radius 2 is 1.94 bits per heavy atom. The Bertz CT molecular complexity index is 1130. The summed E-state index contributed by atoms with van der Waals surface area (Å²) in [7, 11) is 0. The van der Waals surface area contributed by atoms with Gasteiger partial charge < -0.3 is 20.1 Å². The van der Waals surface area contributed by atoms with Crippen LogP contribution in [0.1, 0.15) is 31.1 Å². The van der Waals surface area contributed by atoms with E-state index in [4.69, 9.17) is 4.74 Å². The van der Waals surface area contributed by atoms with Crippen LogP contribution in [0.3, 0.4) is 0 Å². The Kier molecular flexibility index (Phi) is 4.82. The van der Waals surface area contributed by atoms with Crippen LogP contribution in [-0.2, 0) is 6.18 Å². The second-order valence-electron chi connectivity index (χ2n) is 9.01. The maximum atomic E-state index is 13.2. The smallest absolute Gasteiger partial charge is 0.431 e. The standard InChI is InChI=1S/C22H24F3N5O2/c1-21(2,31)12-8-30(9-12)15-10-32-16-6-4-3-5-13(16)18(15)29-20-14-7-17(22(23,24)25)28-19(14)26-11-27-20/h3-7,11-12,15,18,31H,8-10H2,1-2H3,(H2,26,27,28,29)/t15-,18-/m0/s1. The molecule has 2 atom stereocenters. The summed E-state index contributed by atoms with van der Waals surface area (Å²) in [5, 5.41) is 14.0. The van der Waals surface area contributed by atoms with Crippen LogP contribution in [0, 0.1) is 5.92 Å². The van der Waals surface area contributed by atoms with Crippen LogP contribution >= 0.6 is 0 Å². The Morgan fingerprint density at radius 1 is 1.19 bits per heavy atom. The van der Waals surface area contributed by atoms with Gasteiger partial charge in [-0.05, 0) is 26.0 Å². The van der Waals surface area contributed by atoms with Crippen molar-refractivity contribution in [3.05, 3.63) is 47.9 Å². The Hall–Kier alpha value is -2.85. The minimum Gasteiger partial charge on any atom is -0.491 e. The first-order valence-electron chi connectivity index (χ1n) is 10.5. The normalized spacial score (nSPS) is 22.3. The van der Waals surface area contributed by atoms with Crippen molar-refractivity contribution < 1.29 is 23.0 Å². The van der Waals surface area contributed by atoms with Crippen LogP contribution in [0.4, 0.5) is 19.0 Å². The molecule has 10 heteroatoms. The predicted octanol–water partition coefficient (Wildman–Crippen LogP) is 3.59. The molecule has 0 saturated carbocycles. The van der Waals surface area contributed by atoms with Gasteiger partial charge in [-0.3, -0.25) is 4.90 Å². The number of aromatic nitrogens is 3. The second-order valence-corrected chi connectivity index (χ2v) is 9.01. The van der Waals surface area contributed by atoms with Crippen molar-refractivity contribution in [2.75, 3.05) is 25.0 Å². The molecular formula is C22H24F3N5O2. The number of alkyl halides is 3. The van der Waals surface area contributed by atoms with Gasteiger partial charge in [0.2, 0.25) is 0 Å². The van der Waals surface area contributed by atoms with Crippen LogP contribution < -0.4 is 10.1 Å². The van der Waals surface area contributed by atoms with E-state index in [1.54, 1.807) is 13.8 Å². The number of hydrogen-bond acceptors (Lipinski definition) is 6. The number of ether oxygens (including phenoxy) is 1. The number of rotatable bonds is 4. The summed E-state index contributed by atoms with van der Waals surface area (Å²) in [6, 6.07) is 8.32. The number of aliphatic hydroxyl groups is 1. The first-order valence-corrected chi connectivity index (χ1v) is 10.5. The summed E-state index contributed by atoms with van der Waals surface area (Å²) in [5.41, 5.74) is -0.604. The molecule has 0 bridgehead atoms. The number of nitrogens with zero attached hydrogens (tertiary/aromatic N) is 3. The molecule has 0 aliphatic carbocycles. The van der Waals surface area contributed by atoms with Gasteiger partial charge >= 0.3 is 6.18 Å². The molecule has 3 N–H and O–H groups in total. The van der Waals surface area contributed by atoms with E-state index in [0.29, 0.717) is 25.5 Å². The summed E-state index contributed by atoms with van der Waals surface area (Å²) in [6.07, 6.45) is -3.26. The quantitative estimate of drug-likeness (QED) is 0.567. The van der Waals surface area contributed by atoms with Crippen molar-refractivity contribution in [1.29, 1.82) is 0 Å². The molecule has 2 aliphatic rings. The number of likely N-dealkylation sites (tertiary alicyclic amines) is 1. The van der Waals surface area contributed by atoms with Gasteiger partial charge in [0.25, 0.3) is 0 Å². The van der Waals surface area contributed by atoms with Gasteiger partial charge in [0.1, 0.15) is 35.8 Å². The van der Waals surface area contributed by atoms with Gasteiger partial charge in [-0.1, -0.05) is 18.2 Å². The molecule has 1 aromatic carbocycles. The number of halogens is 3. The zero-order chi connectivity index (χ0) is 22.7.